The quantitative estimate of drug-likeness (QED) is 0.608. The van der Waals surface area contributed by atoms with Gasteiger partial charge in [0.15, 0.2) is 17.4 Å². The number of aryl methyl sites for hydroxylation is 1. The molecule has 0 unspecified atom stereocenters. The molecule has 0 saturated carbocycles. The second kappa shape index (κ2) is 9.87. The van der Waals surface area contributed by atoms with Crippen LogP contribution in [-0.4, -0.2) is 41.8 Å². The number of urea groups is 1. The zero-order chi connectivity index (χ0) is 21.5. The predicted molar refractivity (Wildman–Crippen MR) is 111 cm³/mol. The number of rotatable bonds is 8. The van der Waals surface area contributed by atoms with Crippen LogP contribution < -0.4 is 10.1 Å². The molecule has 158 valence electrons. The Kier molecular flexibility index (Phi) is 7.00. The SMILES string of the molecule is CCc1noc(-c2ccc(CCNC(=O)N(C)Cc3ccc(OC)c(F)c3)cc2)n1. The van der Waals surface area contributed by atoms with Gasteiger partial charge in [0.2, 0.25) is 0 Å². The van der Waals surface area contributed by atoms with Crippen molar-refractivity contribution in [3.05, 3.63) is 65.2 Å². The van der Waals surface area contributed by atoms with E-state index in [2.05, 4.69) is 15.5 Å². The van der Waals surface area contributed by atoms with E-state index in [0.717, 1.165) is 17.5 Å². The summed E-state index contributed by atoms with van der Waals surface area (Å²) in [6.07, 6.45) is 1.41. The van der Waals surface area contributed by atoms with Gasteiger partial charge in [0.05, 0.1) is 7.11 Å². The predicted octanol–water partition coefficient (Wildman–Crippen LogP) is 3.83. The van der Waals surface area contributed by atoms with Crippen molar-refractivity contribution in [1.29, 1.82) is 0 Å². The van der Waals surface area contributed by atoms with Crippen LogP contribution in [0.3, 0.4) is 0 Å². The number of benzene rings is 2. The fourth-order valence-electron chi connectivity index (χ4n) is 2.93. The number of halogens is 1. The molecule has 2 amide bonds. The van der Waals surface area contributed by atoms with E-state index in [4.69, 9.17) is 9.26 Å². The van der Waals surface area contributed by atoms with E-state index in [-0.39, 0.29) is 11.8 Å². The van der Waals surface area contributed by atoms with Crippen molar-refractivity contribution in [3.63, 3.8) is 0 Å². The first kappa shape index (κ1) is 21.3. The summed E-state index contributed by atoms with van der Waals surface area (Å²) in [6.45, 7) is 2.75. The van der Waals surface area contributed by atoms with Crippen LogP contribution in [0, 0.1) is 5.82 Å². The molecule has 0 atom stereocenters. The van der Waals surface area contributed by atoms with Crippen molar-refractivity contribution in [2.75, 3.05) is 20.7 Å². The van der Waals surface area contributed by atoms with Crippen molar-refractivity contribution in [2.45, 2.75) is 26.3 Å². The van der Waals surface area contributed by atoms with E-state index in [1.807, 2.05) is 31.2 Å². The summed E-state index contributed by atoms with van der Waals surface area (Å²) in [6, 6.07) is 12.2. The number of amides is 2. The number of hydrogen-bond donors (Lipinski definition) is 1. The van der Waals surface area contributed by atoms with E-state index >= 15 is 0 Å². The number of aromatic nitrogens is 2. The molecule has 3 aromatic rings. The van der Waals surface area contributed by atoms with Gasteiger partial charge in [0.25, 0.3) is 5.89 Å². The highest BCUT2D eigenvalue weighted by Gasteiger charge is 2.11. The maximum absolute atomic E-state index is 13.8. The highest BCUT2D eigenvalue weighted by atomic mass is 19.1. The lowest BCUT2D eigenvalue weighted by atomic mass is 10.1. The van der Waals surface area contributed by atoms with Crippen LogP contribution in [0.2, 0.25) is 0 Å². The lowest BCUT2D eigenvalue weighted by molar-refractivity contribution is 0.207. The Morgan fingerprint density at radius 1 is 1.20 bits per heavy atom. The number of nitrogens with zero attached hydrogens (tertiary/aromatic N) is 3. The van der Waals surface area contributed by atoms with E-state index in [1.54, 1.807) is 19.2 Å². The van der Waals surface area contributed by atoms with E-state index < -0.39 is 5.82 Å². The number of ether oxygens (including phenoxy) is 1. The molecule has 2 aromatic carbocycles. The Hall–Kier alpha value is -3.42. The first-order valence-corrected chi connectivity index (χ1v) is 9.73. The molecule has 0 aliphatic rings. The fraction of sp³-hybridized carbons (Fsp3) is 0.318. The minimum atomic E-state index is -0.446. The molecule has 0 bridgehead atoms. The average molecular weight is 412 g/mol. The number of carbonyl (C=O) groups excluding carboxylic acids is 1. The summed E-state index contributed by atoms with van der Waals surface area (Å²) in [5, 5.41) is 6.77. The van der Waals surface area contributed by atoms with Crippen molar-refractivity contribution < 1.29 is 18.4 Å². The summed E-state index contributed by atoms with van der Waals surface area (Å²) in [4.78, 5) is 18.1. The van der Waals surface area contributed by atoms with Crippen molar-refractivity contribution >= 4 is 6.03 Å². The van der Waals surface area contributed by atoms with Gasteiger partial charge >= 0.3 is 6.03 Å². The number of nitrogens with one attached hydrogen (secondary N) is 1. The molecule has 0 aliphatic carbocycles. The molecule has 0 fully saturated rings. The van der Waals surface area contributed by atoms with Crippen LogP contribution in [0.1, 0.15) is 23.9 Å². The van der Waals surface area contributed by atoms with E-state index in [9.17, 15) is 9.18 Å². The van der Waals surface area contributed by atoms with Gasteiger partial charge in [-0.1, -0.05) is 30.3 Å². The van der Waals surface area contributed by atoms with Crippen LogP contribution in [0.15, 0.2) is 47.0 Å². The van der Waals surface area contributed by atoms with Crippen LogP contribution in [-0.2, 0) is 19.4 Å². The highest BCUT2D eigenvalue weighted by molar-refractivity contribution is 5.73. The Bertz CT molecular complexity index is 988. The Morgan fingerprint density at radius 3 is 2.57 bits per heavy atom. The van der Waals surface area contributed by atoms with Crippen LogP contribution in [0.4, 0.5) is 9.18 Å². The molecule has 0 saturated heterocycles. The standard InChI is InChI=1S/C22H25FN4O3/c1-4-20-25-21(30-26-20)17-8-5-15(6-9-17)11-12-24-22(28)27(2)14-16-7-10-19(29-3)18(23)13-16/h5-10,13H,4,11-12,14H2,1-3H3,(H,24,28). The van der Waals surface area contributed by atoms with Crippen LogP contribution >= 0.6 is 0 Å². The molecule has 30 heavy (non-hydrogen) atoms. The molecular weight excluding hydrogens is 387 g/mol. The molecule has 8 heteroatoms. The van der Waals surface area contributed by atoms with Gasteiger partial charge in [-0.2, -0.15) is 4.98 Å². The summed E-state index contributed by atoms with van der Waals surface area (Å²) in [7, 11) is 3.08. The van der Waals surface area contributed by atoms with Crippen molar-refractivity contribution in [1.82, 2.24) is 20.4 Å². The largest absolute Gasteiger partial charge is 0.494 e. The smallest absolute Gasteiger partial charge is 0.317 e. The molecule has 1 heterocycles. The lowest BCUT2D eigenvalue weighted by Crippen LogP contribution is -2.37. The van der Waals surface area contributed by atoms with Crippen molar-refractivity contribution in [3.8, 4) is 17.2 Å². The third-order valence-corrected chi connectivity index (χ3v) is 4.66. The molecule has 0 aliphatic heterocycles. The highest BCUT2D eigenvalue weighted by Crippen LogP contribution is 2.19. The zero-order valence-corrected chi connectivity index (χ0v) is 17.3. The van der Waals surface area contributed by atoms with E-state index in [0.29, 0.717) is 36.8 Å². The van der Waals surface area contributed by atoms with Crippen LogP contribution in [0.25, 0.3) is 11.5 Å². The van der Waals surface area contributed by atoms with Gasteiger partial charge in [-0.25, -0.2) is 9.18 Å². The topological polar surface area (TPSA) is 80.5 Å². The lowest BCUT2D eigenvalue weighted by Gasteiger charge is -2.18. The molecule has 7 nitrogen and oxygen atoms in total. The number of methoxy groups -OCH3 is 1. The fourth-order valence-corrected chi connectivity index (χ4v) is 2.93. The van der Waals surface area contributed by atoms with Crippen LogP contribution in [0.5, 0.6) is 5.75 Å². The number of hydrogen-bond acceptors (Lipinski definition) is 5. The maximum atomic E-state index is 13.8. The normalized spacial score (nSPS) is 10.7. The van der Waals surface area contributed by atoms with Crippen molar-refractivity contribution in [2.24, 2.45) is 0 Å². The third-order valence-electron chi connectivity index (χ3n) is 4.66. The average Bonchev–Trinajstić information content (AvgIpc) is 3.23. The Morgan fingerprint density at radius 2 is 1.93 bits per heavy atom. The zero-order valence-electron chi connectivity index (χ0n) is 17.3. The van der Waals surface area contributed by atoms with Gasteiger partial charge in [0.1, 0.15) is 0 Å². The van der Waals surface area contributed by atoms with Gasteiger partial charge < -0.3 is 19.5 Å². The molecule has 1 aromatic heterocycles. The minimum absolute atomic E-state index is 0.182. The Balaban J connectivity index is 1.47. The summed E-state index contributed by atoms with van der Waals surface area (Å²) < 4.78 is 23.9. The molecule has 3 rings (SSSR count). The first-order chi connectivity index (χ1) is 14.5. The third kappa shape index (κ3) is 5.34. The van der Waals surface area contributed by atoms with Gasteiger partial charge in [-0.05, 0) is 41.8 Å². The molecule has 0 radical (unpaired) electrons. The van der Waals surface area contributed by atoms with E-state index in [1.165, 1.54) is 18.1 Å². The summed E-state index contributed by atoms with van der Waals surface area (Å²) in [5.74, 6) is 0.919. The summed E-state index contributed by atoms with van der Waals surface area (Å²) in [5.41, 5.74) is 2.63. The maximum Gasteiger partial charge on any atom is 0.317 e. The summed E-state index contributed by atoms with van der Waals surface area (Å²) >= 11 is 0. The molecule has 1 N–H and O–H groups in total. The Labute approximate surface area is 174 Å². The second-order valence-electron chi connectivity index (χ2n) is 6.87. The van der Waals surface area contributed by atoms with Gasteiger partial charge in [-0.3, -0.25) is 0 Å². The second-order valence-corrected chi connectivity index (χ2v) is 6.87. The van der Waals surface area contributed by atoms with Gasteiger partial charge in [-0.15, -0.1) is 0 Å². The minimum Gasteiger partial charge on any atom is -0.494 e. The molecular formula is C22H25FN4O3. The first-order valence-electron chi connectivity index (χ1n) is 9.73. The molecule has 0 spiro atoms. The number of carbonyl (C=O) groups is 1. The monoisotopic (exact) mass is 412 g/mol. The van der Waals surface area contributed by atoms with Gasteiger partial charge in [0, 0.05) is 32.1 Å².